The molecule has 0 fully saturated rings. The topological polar surface area (TPSA) is 65.2 Å². The molecular formula is C10H11F2IN2O2. The van der Waals surface area contributed by atoms with Gasteiger partial charge in [0.1, 0.15) is 5.69 Å². The molecule has 17 heavy (non-hydrogen) atoms. The highest BCUT2D eigenvalue weighted by Gasteiger charge is 2.18. The lowest BCUT2D eigenvalue weighted by Crippen LogP contribution is -2.11. The molecular weight excluding hydrogens is 345 g/mol. The van der Waals surface area contributed by atoms with Crippen LogP contribution in [0.15, 0.2) is 6.20 Å². The minimum atomic E-state index is -2.68. The fourth-order valence-electron chi connectivity index (χ4n) is 1.21. The van der Waals surface area contributed by atoms with E-state index in [-0.39, 0.29) is 28.0 Å². The lowest BCUT2D eigenvalue weighted by molar-refractivity contribution is -0.142. The van der Waals surface area contributed by atoms with Gasteiger partial charge in [-0.25, -0.2) is 8.78 Å². The lowest BCUT2D eigenvalue weighted by atomic mass is 10.1. The molecule has 1 aromatic heterocycles. The summed E-state index contributed by atoms with van der Waals surface area (Å²) in [5.74, 6) is -0.457. The summed E-state index contributed by atoms with van der Waals surface area (Å²) in [6.07, 6.45) is -1.55. The molecule has 1 heterocycles. The molecule has 1 rings (SSSR count). The van der Waals surface area contributed by atoms with Crippen LogP contribution in [-0.4, -0.2) is 17.6 Å². The molecule has 0 spiro atoms. The molecule has 0 saturated carbocycles. The number of aromatic nitrogens is 1. The number of rotatable bonds is 4. The summed E-state index contributed by atoms with van der Waals surface area (Å²) in [6.45, 7) is 1.95. The fourth-order valence-corrected chi connectivity index (χ4v) is 1.93. The van der Waals surface area contributed by atoms with Crippen LogP contribution in [0.2, 0.25) is 0 Å². The maximum Gasteiger partial charge on any atom is 0.310 e. The fraction of sp³-hybridized carbons (Fsp3) is 0.400. The standard InChI is InChI=1S/C10H11F2IN2O2/c1-2-17-6(16)3-5-4-15-9(10(11)12)7(13)8(5)14/h4,10H,2-3H2,1H3,(H2,14,15). The third-order valence-corrected chi connectivity index (χ3v) is 3.15. The van der Waals surface area contributed by atoms with E-state index in [0.29, 0.717) is 5.56 Å². The molecule has 4 nitrogen and oxygen atoms in total. The van der Waals surface area contributed by atoms with Gasteiger partial charge in [0.25, 0.3) is 6.43 Å². The Balaban J connectivity index is 2.96. The summed E-state index contributed by atoms with van der Waals surface area (Å²) < 4.78 is 29.9. The number of hydrogen-bond donors (Lipinski definition) is 1. The van der Waals surface area contributed by atoms with Gasteiger partial charge in [-0.2, -0.15) is 0 Å². The van der Waals surface area contributed by atoms with Crippen molar-refractivity contribution in [3.05, 3.63) is 21.0 Å². The van der Waals surface area contributed by atoms with Crippen molar-refractivity contribution in [2.24, 2.45) is 0 Å². The van der Waals surface area contributed by atoms with Crippen molar-refractivity contribution in [2.75, 3.05) is 12.3 Å². The number of carbonyl (C=O) groups excluding carboxylic acids is 1. The van der Waals surface area contributed by atoms with Crippen molar-refractivity contribution < 1.29 is 18.3 Å². The first kappa shape index (κ1) is 14.1. The monoisotopic (exact) mass is 356 g/mol. The van der Waals surface area contributed by atoms with Crippen molar-refractivity contribution in [1.29, 1.82) is 0 Å². The Morgan fingerprint density at radius 1 is 1.65 bits per heavy atom. The Morgan fingerprint density at radius 3 is 2.82 bits per heavy atom. The van der Waals surface area contributed by atoms with E-state index in [2.05, 4.69) is 4.98 Å². The molecule has 0 radical (unpaired) electrons. The number of esters is 1. The quantitative estimate of drug-likeness (QED) is 0.664. The van der Waals surface area contributed by atoms with Gasteiger partial charge in [-0.05, 0) is 29.5 Å². The molecule has 0 unspecified atom stereocenters. The van der Waals surface area contributed by atoms with E-state index in [4.69, 9.17) is 10.5 Å². The summed E-state index contributed by atoms with van der Waals surface area (Å²) >= 11 is 1.69. The normalized spacial score (nSPS) is 10.6. The third kappa shape index (κ3) is 3.48. The van der Waals surface area contributed by atoms with Crippen molar-refractivity contribution in [3.8, 4) is 0 Å². The summed E-state index contributed by atoms with van der Waals surface area (Å²) in [6, 6.07) is 0. The molecule has 7 heteroatoms. The predicted octanol–water partition coefficient (Wildman–Crippen LogP) is 2.31. The highest BCUT2D eigenvalue weighted by molar-refractivity contribution is 14.1. The number of nitrogens with two attached hydrogens (primary N) is 1. The Bertz CT molecular complexity index is 427. The number of nitrogen functional groups attached to an aromatic ring is 1. The summed E-state index contributed by atoms with van der Waals surface area (Å²) in [5, 5.41) is 0. The number of pyridine rings is 1. The van der Waals surface area contributed by atoms with Crippen LogP contribution in [0.25, 0.3) is 0 Å². The van der Waals surface area contributed by atoms with Gasteiger partial charge in [-0.1, -0.05) is 0 Å². The average molecular weight is 356 g/mol. The molecule has 0 amide bonds. The summed E-state index contributed by atoms with van der Waals surface area (Å²) in [5.41, 5.74) is 5.87. The second kappa shape index (κ2) is 6.08. The first-order chi connectivity index (χ1) is 7.97. The smallest absolute Gasteiger partial charge is 0.310 e. The van der Waals surface area contributed by atoms with Crippen LogP contribution >= 0.6 is 22.6 Å². The maximum atomic E-state index is 12.5. The van der Waals surface area contributed by atoms with Crippen LogP contribution < -0.4 is 5.73 Å². The molecule has 0 aliphatic heterocycles. The van der Waals surface area contributed by atoms with Gasteiger partial charge in [0.05, 0.1) is 22.3 Å². The first-order valence-corrected chi connectivity index (χ1v) is 5.91. The van der Waals surface area contributed by atoms with Crippen molar-refractivity contribution >= 4 is 34.2 Å². The van der Waals surface area contributed by atoms with E-state index in [1.54, 1.807) is 29.5 Å². The van der Waals surface area contributed by atoms with Crippen LogP contribution in [-0.2, 0) is 16.0 Å². The first-order valence-electron chi connectivity index (χ1n) is 4.83. The Labute approximate surface area is 111 Å². The van der Waals surface area contributed by atoms with E-state index >= 15 is 0 Å². The van der Waals surface area contributed by atoms with Gasteiger partial charge in [0.2, 0.25) is 0 Å². The number of nitrogens with zero attached hydrogens (tertiary/aromatic N) is 1. The van der Waals surface area contributed by atoms with E-state index in [1.807, 2.05) is 0 Å². The highest BCUT2D eigenvalue weighted by atomic mass is 127. The zero-order valence-electron chi connectivity index (χ0n) is 9.04. The number of ether oxygens (including phenoxy) is 1. The van der Waals surface area contributed by atoms with Crippen molar-refractivity contribution in [1.82, 2.24) is 4.98 Å². The van der Waals surface area contributed by atoms with E-state index < -0.39 is 12.4 Å². The van der Waals surface area contributed by atoms with Gasteiger partial charge in [-0.15, -0.1) is 0 Å². The molecule has 0 aliphatic carbocycles. The van der Waals surface area contributed by atoms with Crippen LogP contribution in [0.3, 0.4) is 0 Å². The number of carbonyl (C=O) groups is 1. The summed E-state index contributed by atoms with van der Waals surface area (Å²) in [7, 11) is 0. The van der Waals surface area contributed by atoms with Crippen LogP contribution in [0.1, 0.15) is 24.6 Å². The largest absolute Gasteiger partial charge is 0.466 e. The van der Waals surface area contributed by atoms with Gasteiger partial charge in [0, 0.05) is 11.8 Å². The third-order valence-electron chi connectivity index (χ3n) is 2.01. The van der Waals surface area contributed by atoms with Crippen LogP contribution in [0.4, 0.5) is 14.5 Å². The molecule has 0 bridgehead atoms. The number of halogens is 3. The maximum absolute atomic E-state index is 12.5. The zero-order chi connectivity index (χ0) is 13.0. The van der Waals surface area contributed by atoms with Gasteiger partial charge >= 0.3 is 5.97 Å². The molecule has 1 aromatic rings. The second-order valence-corrected chi connectivity index (χ2v) is 4.26. The lowest BCUT2D eigenvalue weighted by Gasteiger charge is -2.10. The van der Waals surface area contributed by atoms with E-state index in [0.717, 1.165) is 0 Å². The molecule has 0 aromatic carbocycles. The average Bonchev–Trinajstić information content (AvgIpc) is 2.25. The van der Waals surface area contributed by atoms with Gasteiger partial charge < -0.3 is 10.5 Å². The SMILES string of the molecule is CCOC(=O)Cc1cnc(C(F)F)c(I)c1N. The minimum absolute atomic E-state index is 0.0633. The predicted molar refractivity (Wildman–Crippen MR) is 66.7 cm³/mol. The van der Waals surface area contributed by atoms with Crippen LogP contribution in [0, 0.1) is 3.57 Å². The van der Waals surface area contributed by atoms with Gasteiger partial charge in [0.15, 0.2) is 0 Å². The zero-order valence-corrected chi connectivity index (χ0v) is 11.2. The molecule has 2 N–H and O–H groups in total. The highest BCUT2D eigenvalue weighted by Crippen LogP contribution is 2.28. The second-order valence-electron chi connectivity index (χ2n) is 3.18. The minimum Gasteiger partial charge on any atom is -0.466 e. The van der Waals surface area contributed by atoms with Crippen LogP contribution in [0.5, 0.6) is 0 Å². The molecule has 0 saturated heterocycles. The molecule has 0 aliphatic rings. The Kier molecular flexibility index (Phi) is 5.03. The Morgan fingerprint density at radius 2 is 2.29 bits per heavy atom. The Hall–Kier alpha value is -0.990. The number of hydrogen-bond acceptors (Lipinski definition) is 4. The molecule has 0 atom stereocenters. The van der Waals surface area contributed by atoms with E-state index in [9.17, 15) is 13.6 Å². The summed E-state index contributed by atoms with van der Waals surface area (Å²) in [4.78, 5) is 14.8. The van der Waals surface area contributed by atoms with Crippen molar-refractivity contribution in [2.45, 2.75) is 19.8 Å². The number of alkyl halides is 2. The van der Waals surface area contributed by atoms with Crippen molar-refractivity contribution in [3.63, 3.8) is 0 Å². The molecule has 94 valence electrons. The number of anilines is 1. The van der Waals surface area contributed by atoms with Gasteiger partial charge in [-0.3, -0.25) is 9.78 Å². The van der Waals surface area contributed by atoms with E-state index in [1.165, 1.54) is 6.20 Å².